The number of carbonyl (C=O) groups is 3. The summed E-state index contributed by atoms with van der Waals surface area (Å²) in [6.45, 7) is 4.15. The van der Waals surface area contributed by atoms with Gasteiger partial charge < -0.3 is 25.2 Å². The number of methoxy groups -OCH3 is 1. The minimum absolute atomic E-state index is 0.101. The molecule has 0 saturated heterocycles. The fraction of sp³-hybridized carbons (Fsp3) is 0.444. The monoisotopic (exact) mass is 482 g/mol. The molecule has 8 heteroatoms. The van der Waals surface area contributed by atoms with Crippen LogP contribution in [0.15, 0.2) is 48.5 Å². The number of hydrogen-bond donors (Lipinski definition) is 3. The minimum atomic E-state index is -1.11. The number of ether oxygens (including phenoxy) is 2. The summed E-state index contributed by atoms with van der Waals surface area (Å²) in [4.78, 5) is 37.3. The molecule has 0 bridgehead atoms. The van der Waals surface area contributed by atoms with Crippen LogP contribution in [-0.2, 0) is 19.1 Å². The second-order valence-electron chi connectivity index (χ2n) is 8.87. The molecule has 0 aromatic heterocycles. The average Bonchev–Trinajstić information content (AvgIpc) is 3.18. The van der Waals surface area contributed by atoms with E-state index >= 15 is 0 Å². The number of amides is 2. The van der Waals surface area contributed by atoms with Crippen LogP contribution in [0.25, 0.3) is 11.1 Å². The van der Waals surface area contributed by atoms with Gasteiger partial charge in [0.1, 0.15) is 18.7 Å². The van der Waals surface area contributed by atoms with Gasteiger partial charge in [0, 0.05) is 19.6 Å². The lowest BCUT2D eigenvalue weighted by Crippen LogP contribution is -2.53. The van der Waals surface area contributed by atoms with Gasteiger partial charge in [-0.05, 0) is 41.0 Å². The van der Waals surface area contributed by atoms with Gasteiger partial charge in [-0.2, -0.15) is 0 Å². The molecule has 2 aromatic rings. The third-order valence-corrected chi connectivity index (χ3v) is 6.57. The zero-order valence-corrected chi connectivity index (χ0v) is 20.5. The number of alkyl carbamates (subject to hydrolysis) is 1. The molecule has 3 N–H and O–H groups in total. The van der Waals surface area contributed by atoms with Crippen LogP contribution in [0.3, 0.4) is 0 Å². The molecule has 0 fully saturated rings. The van der Waals surface area contributed by atoms with Crippen LogP contribution in [0.2, 0.25) is 0 Å². The SMILES string of the molecule is CCC(C)C(NC(=O)C(CCCOC)NC(=O)OCC1c2ccccc2-c2ccccc21)C(=O)O. The summed E-state index contributed by atoms with van der Waals surface area (Å²) in [7, 11) is 1.55. The third-order valence-electron chi connectivity index (χ3n) is 6.57. The topological polar surface area (TPSA) is 114 Å². The summed E-state index contributed by atoms with van der Waals surface area (Å²) in [5.74, 6) is -2.02. The number of carboxylic acid groups (broad SMARTS) is 1. The van der Waals surface area contributed by atoms with E-state index in [1.54, 1.807) is 14.0 Å². The van der Waals surface area contributed by atoms with E-state index in [0.717, 1.165) is 22.3 Å². The van der Waals surface area contributed by atoms with Crippen LogP contribution in [0.1, 0.15) is 50.2 Å². The lowest BCUT2D eigenvalue weighted by Gasteiger charge is -2.24. The summed E-state index contributed by atoms with van der Waals surface area (Å²) in [6.07, 6.45) is 0.668. The highest BCUT2D eigenvalue weighted by molar-refractivity contribution is 5.89. The lowest BCUT2D eigenvalue weighted by atomic mass is 9.98. The van der Waals surface area contributed by atoms with Gasteiger partial charge in [-0.25, -0.2) is 9.59 Å². The molecule has 0 spiro atoms. The predicted octanol–water partition coefficient (Wildman–Crippen LogP) is 3.94. The number of hydrogen-bond acceptors (Lipinski definition) is 5. The summed E-state index contributed by atoms with van der Waals surface area (Å²) in [6, 6.07) is 14.1. The van der Waals surface area contributed by atoms with Crippen molar-refractivity contribution in [2.24, 2.45) is 5.92 Å². The first-order valence-corrected chi connectivity index (χ1v) is 12.0. The van der Waals surface area contributed by atoms with E-state index in [-0.39, 0.29) is 24.9 Å². The summed E-state index contributed by atoms with van der Waals surface area (Å²) >= 11 is 0. The lowest BCUT2D eigenvalue weighted by molar-refractivity contribution is -0.143. The van der Waals surface area contributed by atoms with Gasteiger partial charge in [-0.1, -0.05) is 68.8 Å². The number of rotatable bonds is 12. The van der Waals surface area contributed by atoms with Gasteiger partial charge in [0.2, 0.25) is 5.91 Å². The zero-order chi connectivity index (χ0) is 25.4. The highest BCUT2D eigenvalue weighted by atomic mass is 16.5. The van der Waals surface area contributed by atoms with Gasteiger partial charge in [-0.3, -0.25) is 4.79 Å². The number of nitrogens with one attached hydrogen (secondary N) is 2. The molecule has 2 amide bonds. The van der Waals surface area contributed by atoms with Crippen molar-refractivity contribution < 1.29 is 29.0 Å². The van der Waals surface area contributed by atoms with Crippen LogP contribution in [0, 0.1) is 5.92 Å². The molecule has 35 heavy (non-hydrogen) atoms. The molecule has 0 radical (unpaired) electrons. The molecule has 1 aliphatic carbocycles. The molecule has 3 rings (SSSR count). The maximum absolute atomic E-state index is 12.9. The van der Waals surface area contributed by atoms with E-state index in [1.807, 2.05) is 43.3 Å². The molecule has 3 atom stereocenters. The molecule has 0 aliphatic heterocycles. The van der Waals surface area contributed by atoms with E-state index in [4.69, 9.17) is 9.47 Å². The number of carboxylic acids is 1. The van der Waals surface area contributed by atoms with Crippen LogP contribution in [-0.4, -0.2) is 55.5 Å². The van der Waals surface area contributed by atoms with Crippen molar-refractivity contribution in [3.8, 4) is 11.1 Å². The second-order valence-corrected chi connectivity index (χ2v) is 8.87. The molecular formula is C27H34N2O6. The Morgan fingerprint density at radius 2 is 1.60 bits per heavy atom. The van der Waals surface area contributed by atoms with Gasteiger partial charge >= 0.3 is 12.1 Å². The maximum Gasteiger partial charge on any atom is 0.407 e. The Balaban J connectivity index is 1.67. The van der Waals surface area contributed by atoms with Crippen LogP contribution in [0.4, 0.5) is 4.79 Å². The van der Waals surface area contributed by atoms with Crippen LogP contribution in [0.5, 0.6) is 0 Å². The molecule has 2 aromatic carbocycles. The number of benzene rings is 2. The molecule has 3 unspecified atom stereocenters. The Bertz CT molecular complexity index is 994. The number of fused-ring (bicyclic) bond motifs is 3. The van der Waals surface area contributed by atoms with Gasteiger partial charge in [0.05, 0.1) is 0 Å². The second kappa shape index (κ2) is 12.4. The Kier molecular flexibility index (Phi) is 9.25. The van der Waals surface area contributed by atoms with E-state index in [1.165, 1.54) is 0 Å². The molecular weight excluding hydrogens is 448 g/mol. The molecule has 0 heterocycles. The largest absolute Gasteiger partial charge is 0.480 e. The summed E-state index contributed by atoms with van der Waals surface area (Å²) in [5.41, 5.74) is 4.43. The number of carbonyl (C=O) groups excluding carboxylic acids is 2. The van der Waals surface area contributed by atoms with Crippen molar-refractivity contribution >= 4 is 18.0 Å². The molecule has 1 aliphatic rings. The molecule has 188 valence electrons. The van der Waals surface area contributed by atoms with Crippen LogP contribution < -0.4 is 10.6 Å². The minimum Gasteiger partial charge on any atom is -0.480 e. The van der Waals surface area contributed by atoms with E-state index < -0.39 is 30.1 Å². The number of aliphatic carboxylic acids is 1. The van der Waals surface area contributed by atoms with Crippen LogP contribution >= 0.6 is 0 Å². The van der Waals surface area contributed by atoms with Gasteiger partial charge in [-0.15, -0.1) is 0 Å². The quantitative estimate of drug-likeness (QED) is 0.395. The fourth-order valence-corrected chi connectivity index (χ4v) is 4.42. The summed E-state index contributed by atoms with van der Waals surface area (Å²) in [5, 5.41) is 14.7. The summed E-state index contributed by atoms with van der Waals surface area (Å²) < 4.78 is 10.6. The Hall–Kier alpha value is -3.39. The van der Waals surface area contributed by atoms with Crippen molar-refractivity contribution in [3.05, 3.63) is 59.7 Å². The molecule has 0 saturated carbocycles. The Morgan fingerprint density at radius 3 is 2.14 bits per heavy atom. The first-order valence-electron chi connectivity index (χ1n) is 12.0. The Morgan fingerprint density at radius 1 is 1.00 bits per heavy atom. The fourth-order valence-electron chi connectivity index (χ4n) is 4.42. The standard InChI is InChI=1S/C27H34N2O6/c1-4-17(2)24(26(31)32)29-25(30)23(14-9-15-34-3)28-27(33)35-16-22-20-12-7-5-10-18(20)19-11-6-8-13-21(19)22/h5-8,10-13,17,22-24H,4,9,14-16H2,1-3H3,(H,28,33)(H,29,30)(H,31,32). The highest BCUT2D eigenvalue weighted by Crippen LogP contribution is 2.44. The normalized spacial score (nSPS) is 14.8. The van der Waals surface area contributed by atoms with Crippen molar-refractivity contribution in [1.82, 2.24) is 10.6 Å². The Labute approximate surface area is 206 Å². The first kappa shape index (κ1) is 26.2. The molecule has 8 nitrogen and oxygen atoms in total. The van der Waals surface area contributed by atoms with Crippen molar-refractivity contribution in [1.29, 1.82) is 0 Å². The van der Waals surface area contributed by atoms with Crippen molar-refractivity contribution in [2.45, 2.75) is 51.1 Å². The zero-order valence-electron chi connectivity index (χ0n) is 20.5. The van der Waals surface area contributed by atoms with Gasteiger partial charge in [0.25, 0.3) is 0 Å². The van der Waals surface area contributed by atoms with Crippen molar-refractivity contribution in [3.63, 3.8) is 0 Å². The smallest absolute Gasteiger partial charge is 0.407 e. The van der Waals surface area contributed by atoms with Crippen molar-refractivity contribution in [2.75, 3.05) is 20.3 Å². The third kappa shape index (κ3) is 6.39. The van der Waals surface area contributed by atoms with E-state index in [9.17, 15) is 19.5 Å². The average molecular weight is 483 g/mol. The van der Waals surface area contributed by atoms with E-state index in [0.29, 0.717) is 19.4 Å². The first-order chi connectivity index (χ1) is 16.9. The maximum atomic E-state index is 12.9. The highest BCUT2D eigenvalue weighted by Gasteiger charge is 2.31. The predicted molar refractivity (Wildman–Crippen MR) is 132 cm³/mol. The van der Waals surface area contributed by atoms with E-state index in [2.05, 4.69) is 22.8 Å². The van der Waals surface area contributed by atoms with Gasteiger partial charge in [0.15, 0.2) is 0 Å².